The minimum Gasteiger partial charge on any atom is -0.299 e. The van der Waals surface area contributed by atoms with E-state index in [1.165, 1.54) is 38.5 Å². The Kier molecular flexibility index (Phi) is 1.88. The van der Waals surface area contributed by atoms with Gasteiger partial charge in [0.1, 0.15) is 5.78 Å². The van der Waals surface area contributed by atoms with Gasteiger partial charge in [-0.25, -0.2) is 0 Å². The maximum Gasteiger partial charge on any atom is 0.136 e. The van der Waals surface area contributed by atoms with Gasteiger partial charge >= 0.3 is 0 Å². The number of carbonyl (C=O) groups is 1. The van der Waals surface area contributed by atoms with Crippen molar-refractivity contribution in [1.29, 1.82) is 0 Å². The topological polar surface area (TPSA) is 17.1 Å². The van der Waals surface area contributed by atoms with Crippen LogP contribution in [0.1, 0.15) is 58.8 Å². The van der Waals surface area contributed by atoms with Crippen LogP contribution >= 0.6 is 0 Å². The summed E-state index contributed by atoms with van der Waals surface area (Å²) in [5.74, 6) is 1.88. The van der Waals surface area contributed by atoms with Crippen LogP contribution in [-0.4, -0.2) is 5.78 Å². The van der Waals surface area contributed by atoms with Gasteiger partial charge in [0.15, 0.2) is 0 Å². The van der Waals surface area contributed by atoms with E-state index in [2.05, 4.69) is 13.8 Å². The monoisotopic (exact) mass is 206 g/mol. The highest BCUT2D eigenvalue weighted by atomic mass is 16.1. The molecule has 0 aliphatic heterocycles. The average Bonchev–Trinajstić information content (AvgIpc) is 2.57. The van der Waals surface area contributed by atoms with E-state index in [1.54, 1.807) is 0 Å². The van der Waals surface area contributed by atoms with Gasteiger partial charge in [0, 0.05) is 12.3 Å². The maximum atomic E-state index is 12.0. The van der Waals surface area contributed by atoms with Crippen LogP contribution in [0.5, 0.6) is 0 Å². The normalized spacial score (nSPS) is 54.1. The molecule has 4 atom stereocenters. The van der Waals surface area contributed by atoms with Gasteiger partial charge in [-0.3, -0.25) is 4.79 Å². The number of ketones is 1. The van der Waals surface area contributed by atoms with E-state index in [0.29, 0.717) is 22.5 Å². The zero-order chi connectivity index (χ0) is 10.7. The van der Waals surface area contributed by atoms with Crippen molar-refractivity contribution in [2.24, 2.45) is 22.7 Å². The lowest BCUT2D eigenvalue weighted by Gasteiger charge is -2.56. The highest BCUT2D eigenvalue weighted by molar-refractivity contribution is 5.83. The molecule has 0 amide bonds. The summed E-state index contributed by atoms with van der Waals surface area (Å²) in [4.78, 5) is 12.0. The van der Waals surface area contributed by atoms with E-state index in [4.69, 9.17) is 0 Å². The lowest BCUT2D eigenvalue weighted by atomic mass is 9.48. The Hall–Kier alpha value is -0.330. The first kappa shape index (κ1) is 9.86. The van der Waals surface area contributed by atoms with Gasteiger partial charge in [-0.2, -0.15) is 0 Å². The molecular weight excluding hydrogens is 184 g/mol. The molecule has 1 nitrogen and oxygen atoms in total. The van der Waals surface area contributed by atoms with Gasteiger partial charge < -0.3 is 0 Å². The van der Waals surface area contributed by atoms with E-state index in [9.17, 15) is 4.79 Å². The first-order valence-corrected chi connectivity index (χ1v) is 6.60. The zero-order valence-corrected chi connectivity index (χ0v) is 10.0. The Balaban J connectivity index is 2.04. The minimum absolute atomic E-state index is 0.356. The SMILES string of the molecule is C[C@H]1CCC[C@@]2(C)CC(=O)[C@H]3CC[C@@]12C3. The summed E-state index contributed by atoms with van der Waals surface area (Å²) < 4.78 is 0. The fraction of sp³-hybridized carbons (Fsp3) is 0.929. The van der Waals surface area contributed by atoms with Crippen molar-refractivity contribution in [3.63, 3.8) is 0 Å². The van der Waals surface area contributed by atoms with Gasteiger partial charge in [0.05, 0.1) is 0 Å². The van der Waals surface area contributed by atoms with Gasteiger partial charge in [-0.15, -0.1) is 0 Å². The van der Waals surface area contributed by atoms with Crippen molar-refractivity contribution in [3.05, 3.63) is 0 Å². The fourth-order valence-electron chi connectivity index (χ4n) is 5.06. The van der Waals surface area contributed by atoms with E-state index in [1.807, 2.05) is 0 Å². The lowest BCUT2D eigenvalue weighted by molar-refractivity contribution is -0.138. The van der Waals surface area contributed by atoms with Gasteiger partial charge in [0.2, 0.25) is 0 Å². The summed E-state index contributed by atoms with van der Waals surface area (Å²) in [7, 11) is 0. The second kappa shape index (κ2) is 2.87. The number of rotatable bonds is 0. The van der Waals surface area contributed by atoms with Crippen molar-refractivity contribution in [2.45, 2.75) is 58.8 Å². The third-order valence-corrected chi connectivity index (χ3v) is 6.08. The molecule has 3 aliphatic carbocycles. The summed E-state index contributed by atoms with van der Waals surface area (Å²) in [6.45, 7) is 4.84. The Morgan fingerprint density at radius 1 is 1.27 bits per heavy atom. The molecule has 3 fully saturated rings. The quantitative estimate of drug-likeness (QED) is 0.592. The molecular formula is C14H22O. The molecule has 84 valence electrons. The number of hydrogen-bond acceptors (Lipinski definition) is 1. The predicted octanol–water partition coefficient (Wildman–Crippen LogP) is 3.57. The molecule has 0 saturated heterocycles. The van der Waals surface area contributed by atoms with Crippen LogP contribution in [0.25, 0.3) is 0 Å². The van der Waals surface area contributed by atoms with Crippen LogP contribution in [0.15, 0.2) is 0 Å². The molecule has 2 bridgehead atoms. The second-order valence-electron chi connectivity index (χ2n) is 6.59. The largest absolute Gasteiger partial charge is 0.299 e. The Labute approximate surface area is 92.6 Å². The van der Waals surface area contributed by atoms with Gasteiger partial charge in [0.25, 0.3) is 0 Å². The number of hydrogen-bond donors (Lipinski definition) is 0. The second-order valence-corrected chi connectivity index (χ2v) is 6.59. The predicted molar refractivity (Wildman–Crippen MR) is 60.5 cm³/mol. The summed E-state index contributed by atoms with van der Waals surface area (Å²) in [6.07, 6.45) is 8.69. The Morgan fingerprint density at radius 2 is 2.07 bits per heavy atom. The summed E-state index contributed by atoms with van der Waals surface area (Å²) in [6, 6.07) is 0. The molecule has 0 N–H and O–H groups in total. The Bertz CT molecular complexity index is 308. The van der Waals surface area contributed by atoms with Crippen molar-refractivity contribution >= 4 is 5.78 Å². The van der Waals surface area contributed by atoms with Crippen molar-refractivity contribution < 1.29 is 4.79 Å². The molecule has 0 aromatic heterocycles. The van der Waals surface area contributed by atoms with Crippen LogP contribution < -0.4 is 0 Å². The first-order valence-electron chi connectivity index (χ1n) is 6.60. The van der Waals surface area contributed by atoms with Crippen LogP contribution in [0.4, 0.5) is 0 Å². The molecule has 3 aliphatic rings. The van der Waals surface area contributed by atoms with E-state index in [0.717, 1.165) is 12.3 Å². The average molecular weight is 206 g/mol. The van der Waals surface area contributed by atoms with Crippen LogP contribution in [0.3, 0.4) is 0 Å². The van der Waals surface area contributed by atoms with Crippen LogP contribution in [-0.2, 0) is 4.79 Å². The number of carbonyl (C=O) groups excluding carboxylic acids is 1. The lowest BCUT2D eigenvalue weighted by Crippen LogP contribution is -2.50. The minimum atomic E-state index is 0.356. The van der Waals surface area contributed by atoms with Crippen LogP contribution in [0, 0.1) is 22.7 Å². The first-order chi connectivity index (χ1) is 7.07. The zero-order valence-electron chi connectivity index (χ0n) is 10.0. The fourth-order valence-corrected chi connectivity index (χ4v) is 5.06. The standard InChI is InChI=1S/C14H22O/c1-10-4-3-6-13(2)9-12(15)11-5-7-14(10,13)8-11/h10-11H,3-9H2,1-2H3/t10-,11-,13-,14+/m0/s1. The molecule has 3 saturated carbocycles. The summed E-state index contributed by atoms with van der Waals surface area (Å²) >= 11 is 0. The molecule has 1 spiro atoms. The molecule has 0 unspecified atom stereocenters. The molecule has 1 heteroatoms. The maximum absolute atomic E-state index is 12.0. The van der Waals surface area contributed by atoms with E-state index in [-0.39, 0.29) is 0 Å². The van der Waals surface area contributed by atoms with Gasteiger partial charge in [-0.1, -0.05) is 26.7 Å². The molecule has 0 aromatic carbocycles. The molecule has 0 heterocycles. The molecule has 0 aromatic rings. The Morgan fingerprint density at radius 3 is 2.87 bits per heavy atom. The molecule has 15 heavy (non-hydrogen) atoms. The highest BCUT2D eigenvalue weighted by Gasteiger charge is 2.61. The van der Waals surface area contributed by atoms with Crippen molar-refractivity contribution in [3.8, 4) is 0 Å². The highest BCUT2D eigenvalue weighted by Crippen LogP contribution is 2.67. The van der Waals surface area contributed by atoms with E-state index >= 15 is 0 Å². The third kappa shape index (κ3) is 1.07. The third-order valence-electron chi connectivity index (χ3n) is 6.08. The van der Waals surface area contributed by atoms with Crippen LogP contribution in [0.2, 0.25) is 0 Å². The van der Waals surface area contributed by atoms with E-state index < -0.39 is 0 Å². The van der Waals surface area contributed by atoms with Crippen molar-refractivity contribution in [2.75, 3.05) is 0 Å². The molecule has 3 rings (SSSR count). The number of Topliss-reactive ketones (excluding diaryl/α,β-unsaturated/α-hetero) is 1. The molecule has 0 radical (unpaired) electrons. The summed E-state index contributed by atoms with van der Waals surface area (Å²) in [5.41, 5.74) is 0.901. The van der Waals surface area contributed by atoms with Gasteiger partial charge in [-0.05, 0) is 42.4 Å². The summed E-state index contributed by atoms with van der Waals surface area (Å²) in [5, 5.41) is 0. The van der Waals surface area contributed by atoms with Crippen molar-refractivity contribution in [1.82, 2.24) is 0 Å². The number of fused-ring (bicyclic) bond motifs is 1. The smallest absolute Gasteiger partial charge is 0.136 e.